The SMILES string of the molecule is O=C([C@H]1CCCN(Cc2ccc(Cl)cc2Cl)C1)N1CCc2cc(Br)ccc21. The number of anilines is 1. The van der Waals surface area contributed by atoms with Gasteiger partial charge in [0.2, 0.25) is 5.91 Å². The van der Waals surface area contributed by atoms with Crippen molar-refractivity contribution in [2.75, 3.05) is 24.5 Å². The van der Waals surface area contributed by atoms with Crippen LogP contribution < -0.4 is 4.90 Å². The van der Waals surface area contributed by atoms with E-state index in [0.717, 1.165) is 61.2 Å². The van der Waals surface area contributed by atoms with E-state index in [1.165, 1.54) is 5.56 Å². The third kappa shape index (κ3) is 4.19. The molecule has 3 nitrogen and oxygen atoms in total. The summed E-state index contributed by atoms with van der Waals surface area (Å²) in [6.07, 6.45) is 2.91. The molecule has 0 saturated carbocycles. The lowest BCUT2D eigenvalue weighted by Gasteiger charge is -2.34. The molecule has 0 unspecified atom stereocenters. The summed E-state index contributed by atoms with van der Waals surface area (Å²) in [7, 11) is 0. The number of piperidine rings is 1. The van der Waals surface area contributed by atoms with Gasteiger partial charge in [0.05, 0.1) is 5.92 Å². The highest BCUT2D eigenvalue weighted by atomic mass is 79.9. The maximum atomic E-state index is 13.2. The van der Waals surface area contributed by atoms with Gasteiger partial charge in [-0.05, 0) is 67.3 Å². The Hall–Kier alpha value is -1.07. The van der Waals surface area contributed by atoms with Gasteiger partial charge in [0.25, 0.3) is 0 Å². The van der Waals surface area contributed by atoms with Crippen LogP contribution in [0.25, 0.3) is 0 Å². The Morgan fingerprint density at radius 3 is 2.81 bits per heavy atom. The highest BCUT2D eigenvalue weighted by Gasteiger charge is 2.33. The summed E-state index contributed by atoms with van der Waals surface area (Å²) in [5.41, 5.74) is 3.38. The van der Waals surface area contributed by atoms with Crippen molar-refractivity contribution in [3.63, 3.8) is 0 Å². The standard InChI is InChI=1S/C21H21BrCl2N2O/c22-17-4-6-20-14(10-17)7-9-26(20)21(27)16-2-1-8-25(13-16)12-15-3-5-18(23)11-19(15)24/h3-6,10-11,16H,1-2,7-9,12-13H2/t16-/m0/s1. The first kappa shape index (κ1) is 19.3. The second-order valence-electron chi connectivity index (χ2n) is 7.32. The van der Waals surface area contributed by atoms with E-state index in [9.17, 15) is 4.79 Å². The van der Waals surface area contributed by atoms with E-state index in [1.54, 1.807) is 6.07 Å². The molecule has 1 atom stereocenters. The molecule has 2 aromatic rings. The quantitative estimate of drug-likeness (QED) is 0.590. The number of likely N-dealkylation sites (tertiary alicyclic amines) is 1. The third-order valence-electron chi connectivity index (χ3n) is 5.47. The van der Waals surface area contributed by atoms with E-state index in [4.69, 9.17) is 23.2 Å². The molecule has 2 aliphatic rings. The van der Waals surface area contributed by atoms with E-state index in [1.807, 2.05) is 23.1 Å². The Kier molecular flexibility index (Phi) is 5.79. The van der Waals surface area contributed by atoms with Crippen molar-refractivity contribution in [3.05, 3.63) is 62.0 Å². The summed E-state index contributed by atoms with van der Waals surface area (Å²) in [4.78, 5) is 17.5. The normalized spacial score (nSPS) is 20.0. The highest BCUT2D eigenvalue weighted by Crippen LogP contribution is 2.33. The van der Waals surface area contributed by atoms with Crippen LogP contribution in [0.15, 0.2) is 40.9 Å². The largest absolute Gasteiger partial charge is 0.312 e. The number of benzene rings is 2. The second-order valence-corrected chi connectivity index (χ2v) is 9.08. The van der Waals surface area contributed by atoms with Crippen LogP contribution in [-0.2, 0) is 17.8 Å². The molecule has 0 radical (unpaired) electrons. The fraction of sp³-hybridized carbons (Fsp3) is 0.381. The zero-order chi connectivity index (χ0) is 19.0. The summed E-state index contributed by atoms with van der Waals surface area (Å²) in [5.74, 6) is 0.294. The van der Waals surface area contributed by atoms with Crippen LogP contribution in [-0.4, -0.2) is 30.4 Å². The minimum atomic E-state index is 0.0411. The Morgan fingerprint density at radius 1 is 1.15 bits per heavy atom. The first-order valence-electron chi connectivity index (χ1n) is 9.27. The van der Waals surface area contributed by atoms with Gasteiger partial charge < -0.3 is 4.90 Å². The van der Waals surface area contributed by atoms with Crippen molar-refractivity contribution in [1.29, 1.82) is 0 Å². The van der Waals surface area contributed by atoms with Gasteiger partial charge in [-0.3, -0.25) is 9.69 Å². The minimum absolute atomic E-state index is 0.0411. The van der Waals surface area contributed by atoms with Crippen LogP contribution >= 0.6 is 39.1 Å². The van der Waals surface area contributed by atoms with Crippen LogP contribution in [0.4, 0.5) is 5.69 Å². The van der Waals surface area contributed by atoms with Gasteiger partial charge in [0, 0.05) is 39.8 Å². The van der Waals surface area contributed by atoms with Crippen molar-refractivity contribution in [2.24, 2.45) is 5.92 Å². The van der Waals surface area contributed by atoms with Gasteiger partial charge in [-0.15, -0.1) is 0 Å². The van der Waals surface area contributed by atoms with Crippen LogP contribution in [0.2, 0.25) is 10.0 Å². The number of halogens is 3. The molecule has 0 aromatic heterocycles. The summed E-state index contributed by atoms with van der Waals surface area (Å²) < 4.78 is 1.07. The maximum absolute atomic E-state index is 13.2. The molecule has 0 bridgehead atoms. The molecule has 1 fully saturated rings. The van der Waals surface area contributed by atoms with Gasteiger partial charge in [0.15, 0.2) is 0 Å². The zero-order valence-corrected chi connectivity index (χ0v) is 18.0. The van der Waals surface area contributed by atoms with Gasteiger partial charge in [-0.25, -0.2) is 0 Å². The topological polar surface area (TPSA) is 23.6 Å². The van der Waals surface area contributed by atoms with Crippen molar-refractivity contribution >= 4 is 50.7 Å². The molecule has 1 amide bonds. The summed E-state index contributed by atoms with van der Waals surface area (Å²) in [5, 5.41) is 1.34. The summed E-state index contributed by atoms with van der Waals surface area (Å²) in [6, 6.07) is 11.8. The van der Waals surface area contributed by atoms with Crippen LogP contribution in [0.3, 0.4) is 0 Å². The van der Waals surface area contributed by atoms with E-state index in [-0.39, 0.29) is 11.8 Å². The predicted octanol–water partition coefficient (Wildman–Crippen LogP) is 5.56. The molecule has 6 heteroatoms. The smallest absolute Gasteiger partial charge is 0.231 e. The lowest BCUT2D eigenvalue weighted by atomic mass is 9.96. The van der Waals surface area contributed by atoms with Crippen molar-refractivity contribution < 1.29 is 4.79 Å². The van der Waals surface area contributed by atoms with Crippen LogP contribution in [0, 0.1) is 5.92 Å². The number of carbonyl (C=O) groups excluding carboxylic acids is 1. The van der Waals surface area contributed by atoms with Gasteiger partial charge in [0.1, 0.15) is 0 Å². The highest BCUT2D eigenvalue weighted by molar-refractivity contribution is 9.10. The summed E-state index contributed by atoms with van der Waals surface area (Å²) in [6.45, 7) is 3.31. The van der Waals surface area contributed by atoms with Crippen LogP contribution in [0.1, 0.15) is 24.0 Å². The van der Waals surface area contributed by atoms with E-state index in [2.05, 4.69) is 33.0 Å². The van der Waals surface area contributed by atoms with Gasteiger partial charge in [-0.1, -0.05) is 45.2 Å². The fourth-order valence-electron chi connectivity index (χ4n) is 4.11. The van der Waals surface area contributed by atoms with E-state index >= 15 is 0 Å². The molecular weight excluding hydrogens is 447 g/mol. The van der Waals surface area contributed by atoms with Gasteiger partial charge >= 0.3 is 0 Å². The Morgan fingerprint density at radius 2 is 2.00 bits per heavy atom. The van der Waals surface area contributed by atoms with Crippen molar-refractivity contribution in [1.82, 2.24) is 4.90 Å². The average molecular weight is 468 g/mol. The molecule has 2 heterocycles. The number of rotatable bonds is 3. The number of hydrogen-bond donors (Lipinski definition) is 0. The molecular formula is C21H21BrCl2N2O. The molecule has 0 spiro atoms. The Bertz CT molecular complexity index is 873. The molecule has 0 N–H and O–H groups in total. The number of nitrogens with zero attached hydrogens (tertiary/aromatic N) is 2. The third-order valence-corrected chi connectivity index (χ3v) is 6.55. The van der Waals surface area contributed by atoms with Crippen LogP contribution in [0.5, 0.6) is 0 Å². The van der Waals surface area contributed by atoms with Crippen molar-refractivity contribution in [3.8, 4) is 0 Å². The Labute approximate surface area is 178 Å². The zero-order valence-electron chi connectivity index (χ0n) is 14.9. The molecule has 4 rings (SSSR count). The summed E-state index contributed by atoms with van der Waals surface area (Å²) >= 11 is 15.8. The number of hydrogen-bond acceptors (Lipinski definition) is 2. The number of amides is 1. The molecule has 142 valence electrons. The molecule has 27 heavy (non-hydrogen) atoms. The minimum Gasteiger partial charge on any atom is -0.312 e. The van der Waals surface area contributed by atoms with Gasteiger partial charge in [-0.2, -0.15) is 0 Å². The lowest BCUT2D eigenvalue weighted by molar-refractivity contribution is -0.124. The molecule has 1 saturated heterocycles. The van der Waals surface area contributed by atoms with E-state index < -0.39 is 0 Å². The second kappa shape index (κ2) is 8.12. The monoisotopic (exact) mass is 466 g/mol. The molecule has 0 aliphatic carbocycles. The lowest BCUT2D eigenvalue weighted by Crippen LogP contribution is -2.44. The first-order chi connectivity index (χ1) is 13.0. The maximum Gasteiger partial charge on any atom is 0.231 e. The average Bonchev–Trinajstić information content (AvgIpc) is 3.06. The number of carbonyl (C=O) groups is 1. The first-order valence-corrected chi connectivity index (χ1v) is 10.8. The fourth-order valence-corrected chi connectivity index (χ4v) is 4.99. The molecule has 2 aromatic carbocycles. The molecule has 2 aliphatic heterocycles. The number of fused-ring (bicyclic) bond motifs is 1. The predicted molar refractivity (Wildman–Crippen MR) is 115 cm³/mol. The van der Waals surface area contributed by atoms with Crippen molar-refractivity contribution in [2.45, 2.75) is 25.8 Å². The Balaban J connectivity index is 1.45. The van der Waals surface area contributed by atoms with E-state index in [0.29, 0.717) is 10.0 Å².